The van der Waals surface area contributed by atoms with E-state index in [1.165, 1.54) is 24.3 Å². The summed E-state index contributed by atoms with van der Waals surface area (Å²) in [6, 6.07) is 9.02. The Morgan fingerprint density at radius 2 is 1.85 bits per heavy atom. The molecule has 0 radical (unpaired) electrons. The predicted molar refractivity (Wildman–Crippen MR) is 99.3 cm³/mol. The zero-order valence-electron chi connectivity index (χ0n) is 13.7. The molecule has 3 aromatic rings. The number of nitrogens with zero attached hydrogens (tertiary/aromatic N) is 2. The van der Waals surface area contributed by atoms with Crippen LogP contribution in [0.2, 0.25) is 10.0 Å². The lowest BCUT2D eigenvalue weighted by Gasteiger charge is -2.11. The van der Waals surface area contributed by atoms with Crippen molar-refractivity contribution in [3.8, 4) is 5.75 Å². The molecule has 6 nitrogen and oxygen atoms in total. The SMILES string of the molecule is Cc1ccc2c(Cl)cc(Cl)c(OC(=O)c3ccc([N+](=O)[O-])c(C)c3)c2n1. The van der Waals surface area contributed by atoms with E-state index < -0.39 is 10.9 Å². The van der Waals surface area contributed by atoms with Gasteiger partial charge in [0.2, 0.25) is 0 Å². The van der Waals surface area contributed by atoms with Gasteiger partial charge in [0.05, 0.1) is 20.5 Å². The lowest BCUT2D eigenvalue weighted by atomic mass is 10.1. The van der Waals surface area contributed by atoms with Crippen molar-refractivity contribution < 1.29 is 14.5 Å². The number of hydrogen-bond acceptors (Lipinski definition) is 5. The third-order valence-electron chi connectivity index (χ3n) is 3.80. The first-order chi connectivity index (χ1) is 12.3. The number of benzene rings is 2. The van der Waals surface area contributed by atoms with E-state index in [-0.39, 0.29) is 22.0 Å². The molecule has 3 rings (SSSR count). The van der Waals surface area contributed by atoms with E-state index in [1.54, 1.807) is 26.0 Å². The van der Waals surface area contributed by atoms with Crippen LogP contribution in [0.4, 0.5) is 5.69 Å². The number of pyridine rings is 1. The van der Waals surface area contributed by atoms with Gasteiger partial charge in [-0.3, -0.25) is 10.1 Å². The zero-order valence-corrected chi connectivity index (χ0v) is 15.3. The lowest BCUT2D eigenvalue weighted by molar-refractivity contribution is -0.385. The molecule has 0 N–H and O–H groups in total. The molecule has 0 spiro atoms. The molecule has 1 aromatic heterocycles. The van der Waals surface area contributed by atoms with Gasteiger partial charge in [-0.15, -0.1) is 0 Å². The molecule has 0 aliphatic rings. The normalized spacial score (nSPS) is 10.8. The minimum Gasteiger partial charge on any atom is -0.419 e. The number of fused-ring (bicyclic) bond motifs is 1. The van der Waals surface area contributed by atoms with Crippen molar-refractivity contribution in [3.63, 3.8) is 0 Å². The number of rotatable bonds is 3. The molecule has 0 fully saturated rings. The summed E-state index contributed by atoms with van der Waals surface area (Å²) in [5.41, 5.74) is 1.52. The van der Waals surface area contributed by atoms with E-state index in [0.29, 0.717) is 27.2 Å². The van der Waals surface area contributed by atoms with Gasteiger partial charge in [-0.25, -0.2) is 9.78 Å². The summed E-state index contributed by atoms with van der Waals surface area (Å²) < 4.78 is 5.45. The van der Waals surface area contributed by atoms with Gasteiger partial charge in [0.1, 0.15) is 5.52 Å². The summed E-state index contributed by atoms with van der Waals surface area (Å²) in [5.74, 6) is -0.604. The molecule has 0 aliphatic carbocycles. The standard InChI is InChI=1S/C18H12Cl2N2O4/c1-9-7-11(4-6-15(9)22(24)25)18(23)26-17-14(20)8-13(19)12-5-3-10(2)21-16(12)17/h3-8H,1-2H3. The topological polar surface area (TPSA) is 82.3 Å². The van der Waals surface area contributed by atoms with Crippen molar-refractivity contribution in [1.29, 1.82) is 0 Å². The third kappa shape index (κ3) is 3.34. The van der Waals surface area contributed by atoms with Gasteiger partial charge in [-0.1, -0.05) is 23.2 Å². The summed E-state index contributed by atoms with van der Waals surface area (Å²) in [5, 5.41) is 12.0. The van der Waals surface area contributed by atoms with Crippen LogP contribution in [0.15, 0.2) is 36.4 Å². The summed E-state index contributed by atoms with van der Waals surface area (Å²) in [7, 11) is 0. The Labute approximate surface area is 158 Å². The number of esters is 1. The van der Waals surface area contributed by atoms with Gasteiger partial charge < -0.3 is 4.74 Å². The Kier molecular flexibility index (Phi) is 4.80. The van der Waals surface area contributed by atoms with Crippen molar-refractivity contribution in [2.24, 2.45) is 0 Å². The van der Waals surface area contributed by atoms with Gasteiger partial charge in [0, 0.05) is 22.7 Å². The van der Waals surface area contributed by atoms with Crippen LogP contribution in [-0.4, -0.2) is 15.9 Å². The Hall–Kier alpha value is -2.70. The fourth-order valence-corrected chi connectivity index (χ4v) is 3.08. The second-order valence-electron chi connectivity index (χ2n) is 5.67. The van der Waals surface area contributed by atoms with Crippen molar-refractivity contribution in [2.45, 2.75) is 13.8 Å². The number of carbonyl (C=O) groups is 1. The fourth-order valence-electron chi connectivity index (χ4n) is 2.53. The molecule has 26 heavy (non-hydrogen) atoms. The Morgan fingerprint density at radius 1 is 1.12 bits per heavy atom. The van der Waals surface area contributed by atoms with Gasteiger partial charge in [0.15, 0.2) is 5.75 Å². The van der Waals surface area contributed by atoms with Crippen molar-refractivity contribution in [3.05, 3.63) is 73.4 Å². The maximum absolute atomic E-state index is 12.5. The predicted octanol–water partition coefficient (Wildman–Crippen LogP) is 5.29. The summed E-state index contributed by atoms with van der Waals surface area (Å²) in [4.78, 5) is 27.3. The van der Waals surface area contributed by atoms with E-state index in [4.69, 9.17) is 27.9 Å². The molecule has 132 valence electrons. The van der Waals surface area contributed by atoms with Crippen molar-refractivity contribution in [1.82, 2.24) is 4.98 Å². The molecule has 8 heteroatoms. The molecule has 0 unspecified atom stereocenters. The quantitative estimate of drug-likeness (QED) is 0.262. The number of hydrogen-bond donors (Lipinski definition) is 0. The average Bonchev–Trinajstić information content (AvgIpc) is 2.57. The fraction of sp³-hybridized carbons (Fsp3) is 0.111. The van der Waals surface area contributed by atoms with Crippen LogP contribution in [0.3, 0.4) is 0 Å². The smallest absolute Gasteiger partial charge is 0.343 e. The molecule has 1 heterocycles. The molecule has 0 saturated carbocycles. The highest BCUT2D eigenvalue weighted by molar-refractivity contribution is 6.39. The van der Waals surface area contributed by atoms with E-state index in [2.05, 4.69) is 4.98 Å². The van der Waals surface area contributed by atoms with Gasteiger partial charge in [-0.05, 0) is 44.2 Å². The second-order valence-corrected chi connectivity index (χ2v) is 6.48. The first-order valence-electron chi connectivity index (χ1n) is 7.50. The molecule has 0 amide bonds. The van der Waals surface area contributed by atoms with E-state index in [1.807, 2.05) is 0 Å². The minimum absolute atomic E-state index is 0.0752. The monoisotopic (exact) mass is 390 g/mol. The van der Waals surface area contributed by atoms with Gasteiger partial charge in [-0.2, -0.15) is 0 Å². The number of halogens is 2. The summed E-state index contributed by atoms with van der Waals surface area (Å²) >= 11 is 12.4. The van der Waals surface area contributed by atoms with Crippen LogP contribution >= 0.6 is 23.2 Å². The molecular weight excluding hydrogens is 379 g/mol. The van der Waals surface area contributed by atoms with Crippen LogP contribution in [0.25, 0.3) is 10.9 Å². The summed E-state index contributed by atoms with van der Waals surface area (Å²) in [6.07, 6.45) is 0. The van der Waals surface area contributed by atoms with Crippen LogP contribution in [0.1, 0.15) is 21.6 Å². The number of nitro groups is 1. The van der Waals surface area contributed by atoms with E-state index >= 15 is 0 Å². The van der Waals surface area contributed by atoms with Crippen LogP contribution < -0.4 is 4.74 Å². The number of aryl methyl sites for hydroxylation is 2. The van der Waals surface area contributed by atoms with Crippen molar-refractivity contribution in [2.75, 3.05) is 0 Å². The third-order valence-corrected chi connectivity index (χ3v) is 4.39. The zero-order chi connectivity index (χ0) is 19.0. The lowest BCUT2D eigenvalue weighted by Crippen LogP contribution is -2.10. The number of nitro benzene ring substituents is 1. The highest BCUT2D eigenvalue weighted by Gasteiger charge is 2.19. The Morgan fingerprint density at radius 3 is 2.50 bits per heavy atom. The summed E-state index contributed by atoms with van der Waals surface area (Å²) in [6.45, 7) is 3.34. The average molecular weight is 391 g/mol. The maximum Gasteiger partial charge on any atom is 0.343 e. The largest absolute Gasteiger partial charge is 0.419 e. The molecule has 0 aliphatic heterocycles. The number of aromatic nitrogens is 1. The van der Waals surface area contributed by atoms with E-state index in [9.17, 15) is 14.9 Å². The minimum atomic E-state index is -0.697. The molecule has 0 atom stereocenters. The molecule has 2 aromatic carbocycles. The number of ether oxygens (including phenoxy) is 1. The van der Waals surface area contributed by atoms with Crippen LogP contribution in [-0.2, 0) is 0 Å². The van der Waals surface area contributed by atoms with Crippen molar-refractivity contribution >= 4 is 45.8 Å². The highest BCUT2D eigenvalue weighted by Crippen LogP contribution is 2.37. The van der Waals surface area contributed by atoms with Gasteiger partial charge in [0.25, 0.3) is 5.69 Å². The maximum atomic E-state index is 12.5. The van der Waals surface area contributed by atoms with Gasteiger partial charge >= 0.3 is 5.97 Å². The van der Waals surface area contributed by atoms with Crippen LogP contribution in [0.5, 0.6) is 5.75 Å². The van der Waals surface area contributed by atoms with Crippen LogP contribution in [0, 0.1) is 24.0 Å². The molecule has 0 bridgehead atoms. The first kappa shape index (κ1) is 18.1. The number of carbonyl (C=O) groups excluding carboxylic acids is 1. The Bertz CT molecular complexity index is 1070. The Balaban J connectivity index is 2.04. The highest BCUT2D eigenvalue weighted by atomic mass is 35.5. The van der Waals surface area contributed by atoms with E-state index in [0.717, 1.165) is 0 Å². The molecular formula is C18H12Cl2N2O4. The first-order valence-corrected chi connectivity index (χ1v) is 8.26. The molecule has 0 saturated heterocycles. The second kappa shape index (κ2) is 6.90.